The predicted octanol–water partition coefficient (Wildman–Crippen LogP) is 3.75. The van der Waals surface area contributed by atoms with Crippen molar-refractivity contribution in [2.75, 3.05) is 11.4 Å². The number of halogens is 1. The average molecular weight is 480 g/mol. The summed E-state index contributed by atoms with van der Waals surface area (Å²) in [5, 5.41) is 4.77. The van der Waals surface area contributed by atoms with Crippen molar-refractivity contribution in [1.82, 2.24) is 5.32 Å². The van der Waals surface area contributed by atoms with Crippen LogP contribution < -0.4 is 16.0 Å². The third-order valence-electron chi connectivity index (χ3n) is 6.13. The van der Waals surface area contributed by atoms with Crippen molar-refractivity contribution in [3.05, 3.63) is 87.9 Å². The lowest BCUT2D eigenvalue weighted by Crippen LogP contribution is -2.41. The lowest BCUT2D eigenvalue weighted by atomic mass is 9.95. The summed E-state index contributed by atoms with van der Waals surface area (Å²) < 4.78 is 13.2. The van der Waals surface area contributed by atoms with Crippen LogP contribution >= 0.6 is 11.3 Å². The monoisotopic (exact) mass is 479 g/mol. The Balaban J connectivity index is 1.51. The van der Waals surface area contributed by atoms with Crippen LogP contribution in [0, 0.1) is 24.6 Å². The van der Waals surface area contributed by atoms with Crippen molar-refractivity contribution in [2.24, 2.45) is 17.6 Å². The number of thiophene rings is 1. The molecule has 3 aromatic rings. The molecule has 1 saturated heterocycles. The normalized spacial score (nSPS) is 18.6. The smallest absolute Gasteiger partial charge is 0.228 e. The van der Waals surface area contributed by atoms with Crippen molar-refractivity contribution in [3.8, 4) is 0 Å². The number of primary amides is 1. The molecule has 0 bridgehead atoms. The summed E-state index contributed by atoms with van der Waals surface area (Å²) in [7, 11) is 0. The fraction of sp³-hybridized carbons (Fsp3) is 0.269. The molecule has 3 N–H and O–H groups in total. The maximum Gasteiger partial charge on any atom is 0.228 e. The van der Waals surface area contributed by atoms with Crippen molar-refractivity contribution in [3.63, 3.8) is 0 Å². The Kier molecular flexibility index (Phi) is 7.07. The zero-order chi connectivity index (χ0) is 24.2. The van der Waals surface area contributed by atoms with Crippen molar-refractivity contribution < 1.29 is 18.8 Å². The van der Waals surface area contributed by atoms with E-state index >= 15 is 0 Å². The minimum Gasteiger partial charge on any atom is -0.369 e. The van der Waals surface area contributed by atoms with E-state index in [1.807, 2.05) is 48.7 Å². The Morgan fingerprint density at radius 3 is 2.47 bits per heavy atom. The molecule has 3 atom stereocenters. The summed E-state index contributed by atoms with van der Waals surface area (Å²) in [4.78, 5) is 40.9. The second-order valence-corrected chi connectivity index (χ2v) is 9.52. The molecule has 2 heterocycles. The number of nitrogens with zero attached hydrogens (tertiary/aromatic N) is 1. The molecule has 34 heavy (non-hydrogen) atoms. The highest BCUT2D eigenvalue weighted by molar-refractivity contribution is 7.10. The minimum atomic E-state index is -0.653. The van der Waals surface area contributed by atoms with Gasteiger partial charge in [0.25, 0.3) is 0 Å². The molecular weight excluding hydrogens is 453 g/mol. The van der Waals surface area contributed by atoms with Gasteiger partial charge in [0.15, 0.2) is 0 Å². The molecule has 0 aliphatic carbocycles. The Morgan fingerprint density at radius 1 is 1.15 bits per heavy atom. The van der Waals surface area contributed by atoms with Crippen LogP contribution in [0.4, 0.5) is 10.1 Å². The van der Waals surface area contributed by atoms with Gasteiger partial charge >= 0.3 is 0 Å². The molecular formula is C26H26FN3O3S. The lowest BCUT2D eigenvalue weighted by molar-refractivity contribution is -0.127. The van der Waals surface area contributed by atoms with E-state index in [2.05, 4.69) is 5.32 Å². The number of carbonyl (C=O) groups excluding carboxylic acids is 3. The SMILES string of the molecule is Cc1ccc(N2C(=O)CC(C(=O)NCC(Cc3ccc(F)cc3)C(N)=O)C2c2cccs2)cc1. The van der Waals surface area contributed by atoms with Crippen molar-refractivity contribution >= 4 is 34.7 Å². The van der Waals surface area contributed by atoms with Gasteiger partial charge in [-0.3, -0.25) is 14.4 Å². The number of aryl methyl sites for hydroxylation is 1. The third-order valence-corrected chi connectivity index (χ3v) is 7.07. The van der Waals surface area contributed by atoms with Gasteiger partial charge in [0.05, 0.1) is 17.9 Å². The number of rotatable bonds is 8. The summed E-state index contributed by atoms with van der Waals surface area (Å²) in [6, 6.07) is 16.9. The molecule has 3 unspecified atom stereocenters. The van der Waals surface area contributed by atoms with Gasteiger partial charge in [0.1, 0.15) is 5.82 Å². The number of amides is 3. The summed E-state index contributed by atoms with van der Waals surface area (Å²) in [5.74, 6) is -2.60. The molecule has 1 fully saturated rings. The van der Waals surface area contributed by atoms with Gasteiger partial charge in [-0.15, -0.1) is 11.3 Å². The lowest BCUT2D eigenvalue weighted by Gasteiger charge is -2.27. The fourth-order valence-corrected chi connectivity index (χ4v) is 5.18. The van der Waals surface area contributed by atoms with Gasteiger partial charge in [-0.25, -0.2) is 4.39 Å². The van der Waals surface area contributed by atoms with E-state index in [9.17, 15) is 18.8 Å². The topological polar surface area (TPSA) is 92.5 Å². The van der Waals surface area contributed by atoms with E-state index in [1.54, 1.807) is 17.0 Å². The number of hydrogen-bond acceptors (Lipinski definition) is 4. The van der Waals surface area contributed by atoms with E-state index in [4.69, 9.17) is 5.73 Å². The largest absolute Gasteiger partial charge is 0.369 e. The molecule has 6 nitrogen and oxygen atoms in total. The van der Waals surface area contributed by atoms with Crippen LogP contribution in [0.25, 0.3) is 0 Å². The molecule has 3 amide bonds. The molecule has 8 heteroatoms. The first kappa shape index (κ1) is 23.6. The number of nitrogens with two attached hydrogens (primary N) is 1. The Morgan fingerprint density at radius 2 is 1.85 bits per heavy atom. The number of hydrogen-bond donors (Lipinski definition) is 2. The molecule has 1 aromatic heterocycles. The fourth-order valence-electron chi connectivity index (χ4n) is 4.30. The zero-order valence-corrected chi connectivity index (χ0v) is 19.6. The van der Waals surface area contributed by atoms with E-state index in [0.29, 0.717) is 0 Å². The van der Waals surface area contributed by atoms with Gasteiger partial charge in [-0.2, -0.15) is 0 Å². The van der Waals surface area contributed by atoms with Gasteiger partial charge in [-0.1, -0.05) is 35.9 Å². The van der Waals surface area contributed by atoms with Crippen LogP contribution in [0.15, 0.2) is 66.0 Å². The third kappa shape index (κ3) is 5.17. The summed E-state index contributed by atoms with van der Waals surface area (Å²) in [6.07, 6.45) is 0.352. The highest BCUT2D eigenvalue weighted by Crippen LogP contribution is 2.43. The zero-order valence-electron chi connectivity index (χ0n) is 18.7. The van der Waals surface area contributed by atoms with Gasteiger partial charge in [-0.05, 0) is 54.6 Å². The van der Waals surface area contributed by atoms with Crippen LogP contribution in [0.1, 0.15) is 28.5 Å². The van der Waals surface area contributed by atoms with Crippen LogP contribution in [0.5, 0.6) is 0 Å². The van der Waals surface area contributed by atoms with Crippen molar-refractivity contribution in [1.29, 1.82) is 0 Å². The summed E-state index contributed by atoms with van der Waals surface area (Å²) in [6.45, 7) is 2.02. The van der Waals surface area contributed by atoms with E-state index in [0.717, 1.165) is 21.7 Å². The van der Waals surface area contributed by atoms with Crippen LogP contribution in [0.2, 0.25) is 0 Å². The molecule has 2 aromatic carbocycles. The number of carbonyl (C=O) groups is 3. The molecule has 0 saturated carbocycles. The maximum atomic E-state index is 13.3. The quantitative estimate of drug-likeness (QED) is 0.515. The Hall–Kier alpha value is -3.52. The first-order chi connectivity index (χ1) is 16.3. The van der Waals surface area contributed by atoms with Crippen LogP contribution in [-0.4, -0.2) is 24.3 Å². The van der Waals surface area contributed by atoms with Gasteiger partial charge < -0.3 is 16.0 Å². The molecule has 4 rings (SSSR count). The number of anilines is 1. The second kappa shape index (κ2) is 10.2. The minimum absolute atomic E-state index is 0.0396. The number of benzene rings is 2. The first-order valence-electron chi connectivity index (χ1n) is 11.1. The molecule has 1 aliphatic heterocycles. The molecule has 176 valence electrons. The van der Waals surface area contributed by atoms with E-state index < -0.39 is 23.8 Å². The second-order valence-electron chi connectivity index (χ2n) is 8.55. The molecule has 0 spiro atoms. The highest BCUT2D eigenvalue weighted by Gasteiger charge is 2.45. The number of nitrogens with one attached hydrogen (secondary N) is 1. The summed E-state index contributed by atoms with van der Waals surface area (Å²) >= 11 is 1.50. The Bertz CT molecular complexity index is 1160. The molecule has 0 radical (unpaired) electrons. The van der Waals surface area contributed by atoms with Gasteiger partial charge in [0.2, 0.25) is 17.7 Å². The standard InChI is InChI=1S/C26H26FN3O3S/c1-16-4-10-20(11-5-16)30-23(31)14-21(24(30)22-3-2-12-34-22)26(33)29-15-18(25(28)32)13-17-6-8-19(27)9-7-17/h2-12,18,21,24H,13-15H2,1H3,(H2,28,32)(H,29,33). The van der Waals surface area contributed by atoms with Crippen LogP contribution in [-0.2, 0) is 20.8 Å². The average Bonchev–Trinajstić information content (AvgIpc) is 3.46. The maximum absolute atomic E-state index is 13.3. The van der Waals surface area contributed by atoms with E-state index in [1.165, 1.54) is 23.5 Å². The first-order valence-corrected chi connectivity index (χ1v) is 11.9. The van der Waals surface area contributed by atoms with Gasteiger partial charge in [0, 0.05) is 23.5 Å². The summed E-state index contributed by atoms with van der Waals surface area (Å²) in [5.41, 5.74) is 8.14. The Labute approximate surface area is 201 Å². The van der Waals surface area contributed by atoms with Crippen LogP contribution in [0.3, 0.4) is 0 Å². The van der Waals surface area contributed by atoms with E-state index in [-0.39, 0.29) is 37.0 Å². The van der Waals surface area contributed by atoms with Crippen molar-refractivity contribution in [2.45, 2.75) is 25.8 Å². The highest BCUT2D eigenvalue weighted by atomic mass is 32.1. The molecule has 1 aliphatic rings. The predicted molar refractivity (Wildman–Crippen MR) is 130 cm³/mol.